The number of carboxylic acid groups (broad SMARTS) is 1. The minimum Gasteiger partial charge on any atom is -0.481 e. The van der Waals surface area contributed by atoms with Gasteiger partial charge in [0.2, 0.25) is 0 Å². The maximum Gasteiger partial charge on any atom is 0.310 e. The maximum atomic E-state index is 12.2. The summed E-state index contributed by atoms with van der Waals surface area (Å²) in [7, 11) is 0. The molecule has 0 fully saturated rings. The summed E-state index contributed by atoms with van der Waals surface area (Å²) < 4.78 is 6.46. The van der Waals surface area contributed by atoms with Crippen LogP contribution in [0.1, 0.15) is 30.0 Å². The zero-order valence-electron chi connectivity index (χ0n) is 12.0. The molecule has 5 nitrogen and oxygen atoms in total. The Bertz CT molecular complexity index is 718. The van der Waals surface area contributed by atoms with Crippen molar-refractivity contribution in [2.24, 2.45) is 5.41 Å². The van der Waals surface area contributed by atoms with Gasteiger partial charge in [-0.3, -0.25) is 9.59 Å². The van der Waals surface area contributed by atoms with E-state index in [1.165, 1.54) is 0 Å². The molecule has 1 aromatic heterocycles. The van der Waals surface area contributed by atoms with Gasteiger partial charge in [-0.1, -0.05) is 15.9 Å². The minimum absolute atomic E-state index is 0.0291. The largest absolute Gasteiger partial charge is 0.481 e. The smallest absolute Gasteiger partial charge is 0.310 e. The van der Waals surface area contributed by atoms with Crippen molar-refractivity contribution < 1.29 is 19.1 Å². The molecule has 0 saturated heterocycles. The molecular formula is C15H16BrNO4. The van der Waals surface area contributed by atoms with Crippen LogP contribution in [-0.2, 0) is 4.79 Å². The zero-order chi connectivity index (χ0) is 15.8. The Morgan fingerprint density at radius 3 is 2.67 bits per heavy atom. The molecule has 0 aliphatic carbocycles. The third kappa shape index (κ3) is 3.10. The molecule has 1 aromatic carbocycles. The molecule has 2 rings (SSSR count). The number of benzene rings is 1. The van der Waals surface area contributed by atoms with Crippen molar-refractivity contribution in [2.45, 2.75) is 20.8 Å². The second kappa shape index (κ2) is 5.52. The van der Waals surface area contributed by atoms with Crippen LogP contribution in [0, 0.1) is 12.3 Å². The van der Waals surface area contributed by atoms with Crippen LogP contribution in [0.5, 0.6) is 0 Å². The Hall–Kier alpha value is -1.82. The van der Waals surface area contributed by atoms with E-state index in [1.54, 1.807) is 26.8 Å². The van der Waals surface area contributed by atoms with E-state index in [1.807, 2.05) is 12.1 Å². The number of carboxylic acids is 1. The molecule has 0 atom stereocenters. The number of carbonyl (C=O) groups excluding carboxylic acids is 1. The van der Waals surface area contributed by atoms with Crippen LogP contribution < -0.4 is 5.32 Å². The van der Waals surface area contributed by atoms with Gasteiger partial charge in [-0.15, -0.1) is 0 Å². The number of nitrogens with one attached hydrogen (secondary N) is 1. The summed E-state index contributed by atoms with van der Waals surface area (Å²) in [4.78, 5) is 23.2. The molecule has 0 aliphatic rings. The third-order valence-electron chi connectivity index (χ3n) is 3.37. The predicted octanol–water partition coefficient (Wildman–Crippen LogP) is 3.34. The Morgan fingerprint density at radius 2 is 2.05 bits per heavy atom. The number of fused-ring (bicyclic) bond motifs is 1. The second-order valence-corrected chi connectivity index (χ2v) is 6.48. The van der Waals surface area contributed by atoms with Crippen LogP contribution >= 0.6 is 15.9 Å². The fourth-order valence-electron chi connectivity index (χ4n) is 1.87. The van der Waals surface area contributed by atoms with Crippen LogP contribution in [0.2, 0.25) is 0 Å². The third-order valence-corrected chi connectivity index (χ3v) is 3.87. The van der Waals surface area contributed by atoms with Crippen LogP contribution in [0.25, 0.3) is 11.0 Å². The molecule has 0 saturated carbocycles. The van der Waals surface area contributed by atoms with Crippen LogP contribution in [0.15, 0.2) is 27.1 Å². The van der Waals surface area contributed by atoms with Crippen molar-refractivity contribution in [3.8, 4) is 0 Å². The van der Waals surface area contributed by atoms with E-state index in [0.29, 0.717) is 5.58 Å². The van der Waals surface area contributed by atoms with Gasteiger partial charge in [-0.2, -0.15) is 0 Å². The molecule has 1 heterocycles. The predicted molar refractivity (Wildman–Crippen MR) is 82.4 cm³/mol. The summed E-state index contributed by atoms with van der Waals surface area (Å²) in [6, 6.07) is 5.50. The zero-order valence-corrected chi connectivity index (χ0v) is 13.6. The van der Waals surface area contributed by atoms with Crippen LogP contribution in [0.4, 0.5) is 0 Å². The first-order valence-corrected chi connectivity index (χ1v) is 7.22. The molecule has 0 bridgehead atoms. The number of aliphatic carboxylic acids is 1. The Morgan fingerprint density at radius 1 is 1.38 bits per heavy atom. The van der Waals surface area contributed by atoms with Gasteiger partial charge >= 0.3 is 5.97 Å². The first-order chi connectivity index (χ1) is 9.72. The second-order valence-electron chi connectivity index (χ2n) is 5.57. The maximum absolute atomic E-state index is 12.2. The number of amides is 1. The minimum atomic E-state index is -1.03. The number of hydrogen-bond acceptors (Lipinski definition) is 3. The fraction of sp³-hybridized carbons (Fsp3) is 0.333. The van der Waals surface area contributed by atoms with Crippen molar-refractivity contribution in [1.82, 2.24) is 5.32 Å². The Labute approximate surface area is 130 Å². The van der Waals surface area contributed by atoms with Gasteiger partial charge in [0.25, 0.3) is 5.91 Å². The molecule has 1 amide bonds. The summed E-state index contributed by atoms with van der Waals surface area (Å²) in [6.07, 6.45) is 0. The highest BCUT2D eigenvalue weighted by molar-refractivity contribution is 9.10. The van der Waals surface area contributed by atoms with Crippen molar-refractivity contribution in [2.75, 3.05) is 6.54 Å². The molecule has 2 aromatic rings. The Kier molecular flexibility index (Phi) is 4.09. The van der Waals surface area contributed by atoms with Crippen molar-refractivity contribution >= 4 is 38.8 Å². The van der Waals surface area contributed by atoms with Crippen molar-refractivity contribution in [3.63, 3.8) is 0 Å². The molecule has 21 heavy (non-hydrogen) atoms. The first-order valence-electron chi connectivity index (χ1n) is 6.42. The number of carbonyl (C=O) groups is 2. The summed E-state index contributed by atoms with van der Waals surface area (Å²) >= 11 is 3.38. The summed E-state index contributed by atoms with van der Waals surface area (Å²) in [5.41, 5.74) is 0.328. The average molecular weight is 354 g/mol. The van der Waals surface area contributed by atoms with E-state index in [-0.39, 0.29) is 12.3 Å². The van der Waals surface area contributed by atoms with Crippen LogP contribution in [0.3, 0.4) is 0 Å². The standard InChI is InChI=1S/C15H16BrNO4/c1-8-10-6-9(16)4-5-11(10)21-12(8)13(18)17-7-15(2,3)14(19)20/h4-6H,7H2,1-3H3,(H,17,18)(H,19,20). The monoisotopic (exact) mass is 353 g/mol. The Balaban J connectivity index is 2.24. The SMILES string of the molecule is Cc1c(C(=O)NCC(C)(C)C(=O)O)oc2ccc(Br)cc12. The number of furan rings is 1. The molecule has 0 spiro atoms. The average Bonchev–Trinajstić information content (AvgIpc) is 2.73. The van der Waals surface area contributed by atoms with Gasteiger partial charge in [-0.05, 0) is 39.0 Å². The van der Waals surface area contributed by atoms with Gasteiger partial charge in [0, 0.05) is 22.0 Å². The highest BCUT2D eigenvalue weighted by Crippen LogP contribution is 2.28. The first kappa shape index (κ1) is 15.6. The quantitative estimate of drug-likeness (QED) is 0.883. The lowest BCUT2D eigenvalue weighted by Crippen LogP contribution is -2.38. The number of halogens is 1. The van der Waals surface area contributed by atoms with Gasteiger partial charge in [0.1, 0.15) is 5.58 Å². The number of rotatable bonds is 4. The molecular weight excluding hydrogens is 338 g/mol. The lowest BCUT2D eigenvalue weighted by atomic mass is 9.94. The molecule has 2 N–H and O–H groups in total. The van der Waals surface area contributed by atoms with E-state index in [4.69, 9.17) is 9.52 Å². The van der Waals surface area contributed by atoms with Gasteiger partial charge in [0.15, 0.2) is 5.76 Å². The number of hydrogen-bond donors (Lipinski definition) is 2. The van der Waals surface area contributed by atoms with E-state index in [2.05, 4.69) is 21.2 Å². The lowest BCUT2D eigenvalue weighted by molar-refractivity contribution is -0.146. The molecule has 0 aliphatic heterocycles. The van der Waals surface area contributed by atoms with Gasteiger partial charge in [0.05, 0.1) is 5.41 Å². The van der Waals surface area contributed by atoms with Crippen LogP contribution in [-0.4, -0.2) is 23.5 Å². The van der Waals surface area contributed by atoms with Crippen molar-refractivity contribution in [3.05, 3.63) is 34.0 Å². The molecule has 6 heteroatoms. The normalized spacial score (nSPS) is 11.6. The summed E-state index contributed by atoms with van der Waals surface area (Å²) in [5, 5.41) is 12.5. The van der Waals surface area contributed by atoms with E-state index < -0.39 is 17.3 Å². The summed E-state index contributed by atoms with van der Waals surface area (Å²) in [5.74, 6) is -1.16. The van der Waals surface area contributed by atoms with Gasteiger partial charge < -0.3 is 14.8 Å². The highest BCUT2D eigenvalue weighted by Gasteiger charge is 2.28. The highest BCUT2D eigenvalue weighted by atomic mass is 79.9. The molecule has 0 unspecified atom stereocenters. The van der Waals surface area contributed by atoms with E-state index in [0.717, 1.165) is 15.4 Å². The van der Waals surface area contributed by atoms with E-state index in [9.17, 15) is 9.59 Å². The lowest BCUT2D eigenvalue weighted by Gasteiger charge is -2.19. The van der Waals surface area contributed by atoms with Gasteiger partial charge in [-0.25, -0.2) is 0 Å². The van der Waals surface area contributed by atoms with E-state index >= 15 is 0 Å². The molecule has 112 valence electrons. The fourth-order valence-corrected chi connectivity index (χ4v) is 2.23. The topological polar surface area (TPSA) is 79.5 Å². The summed E-state index contributed by atoms with van der Waals surface area (Å²) in [6.45, 7) is 4.94. The van der Waals surface area contributed by atoms with Crippen molar-refractivity contribution in [1.29, 1.82) is 0 Å². The molecule has 0 radical (unpaired) electrons. The number of aryl methyl sites for hydroxylation is 1.